The molecule has 0 aromatic carbocycles. The molecule has 2 aliphatic heterocycles. The topological polar surface area (TPSA) is 54.0 Å². The zero-order valence-electron chi connectivity index (χ0n) is 16.0. The van der Waals surface area contributed by atoms with E-state index in [2.05, 4.69) is 30.1 Å². The molecule has 0 unspecified atom stereocenters. The van der Waals surface area contributed by atoms with Gasteiger partial charge in [0.2, 0.25) is 0 Å². The first kappa shape index (κ1) is 19.5. The van der Waals surface area contributed by atoms with Crippen LogP contribution in [0.15, 0.2) is 6.07 Å². The fourth-order valence-corrected chi connectivity index (χ4v) is 4.37. The molecule has 1 fully saturated rings. The molecule has 6 nitrogen and oxygen atoms in total. The molecule has 146 valence electrons. The minimum absolute atomic E-state index is 0.365. The van der Waals surface area contributed by atoms with Gasteiger partial charge in [0.15, 0.2) is 5.06 Å². The third-order valence-corrected chi connectivity index (χ3v) is 5.89. The summed E-state index contributed by atoms with van der Waals surface area (Å²) >= 11 is 1.73. The fraction of sp³-hybridized carbons (Fsp3) is 0.737. The van der Waals surface area contributed by atoms with Crippen LogP contribution in [0.4, 0.5) is 4.79 Å². The van der Waals surface area contributed by atoms with Gasteiger partial charge in [-0.2, -0.15) is 0 Å². The molecule has 1 N–H and O–H groups in total. The number of thiophene rings is 1. The zero-order valence-corrected chi connectivity index (χ0v) is 16.8. The van der Waals surface area contributed by atoms with Crippen molar-refractivity contribution < 1.29 is 14.4 Å². The highest BCUT2D eigenvalue weighted by molar-refractivity contribution is 7.14. The highest BCUT2D eigenvalue weighted by Crippen LogP contribution is 2.33. The second kappa shape index (κ2) is 9.58. The molecule has 0 saturated carbocycles. The molecule has 2 aliphatic rings. The molecule has 0 atom stereocenters. The first-order valence-electron chi connectivity index (χ1n) is 9.77. The van der Waals surface area contributed by atoms with Gasteiger partial charge in [-0.25, -0.2) is 4.79 Å². The van der Waals surface area contributed by atoms with Crippen LogP contribution in [0, 0.1) is 5.92 Å². The number of nitrogens with one attached hydrogen (secondary N) is 1. The van der Waals surface area contributed by atoms with Gasteiger partial charge in [-0.1, -0.05) is 13.8 Å². The molecule has 3 rings (SSSR count). The number of hydroxylamine groups is 2. The van der Waals surface area contributed by atoms with Crippen molar-refractivity contribution in [2.24, 2.45) is 5.92 Å². The van der Waals surface area contributed by atoms with Crippen LogP contribution < -0.4 is 10.1 Å². The lowest BCUT2D eigenvalue weighted by atomic mass is 10.1. The maximum Gasteiger partial charge on any atom is 0.426 e. The van der Waals surface area contributed by atoms with E-state index in [1.807, 2.05) is 0 Å². The Morgan fingerprint density at radius 3 is 2.88 bits per heavy atom. The number of carbonyl (C=O) groups excluding carboxylic acids is 1. The second-order valence-corrected chi connectivity index (χ2v) is 8.63. The summed E-state index contributed by atoms with van der Waals surface area (Å²) in [5.41, 5.74) is 1.22. The average Bonchev–Trinajstić information content (AvgIpc) is 3.25. The van der Waals surface area contributed by atoms with Crippen LogP contribution in [0.25, 0.3) is 0 Å². The normalized spacial score (nSPS) is 18.1. The van der Waals surface area contributed by atoms with Crippen LogP contribution in [-0.2, 0) is 17.8 Å². The van der Waals surface area contributed by atoms with Gasteiger partial charge in [-0.15, -0.1) is 16.4 Å². The summed E-state index contributed by atoms with van der Waals surface area (Å²) in [6, 6.07) is 2.11. The van der Waals surface area contributed by atoms with Gasteiger partial charge in [-0.05, 0) is 56.3 Å². The number of rotatable bonds is 8. The molecule has 7 heteroatoms. The molecule has 0 aliphatic carbocycles. The highest BCUT2D eigenvalue weighted by atomic mass is 32.1. The lowest BCUT2D eigenvalue weighted by molar-refractivity contribution is -0.110. The third kappa shape index (κ3) is 5.86. The summed E-state index contributed by atoms with van der Waals surface area (Å²) in [4.78, 5) is 21.1. The smallest absolute Gasteiger partial charge is 0.426 e. The third-order valence-electron chi connectivity index (χ3n) is 4.74. The summed E-state index contributed by atoms with van der Waals surface area (Å²) in [6.07, 6.45) is 4.29. The summed E-state index contributed by atoms with van der Waals surface area (Å²) in [7, 11) is 0. The maximum absolute atomic E-state index is 11.8. The van der Waals surface area contributed by atoms with Crippen LogP contribution in [0.5, 0.6) is 5.06 Å². The van der Waals surface area contributed by atoms with E-state index in [1.54, 1.807) is 16.4 Å². The van der Waals surface area contributed by atoms with Gasteiger partial charge in [0.1, 0.15) is 0 Å². The van der Waals surface area contributed by atoms with Crippen molar-refractivity contribution in [1.29, 1.82) is 0 Å². The predicted molar refractivity (Wildman–Crippen MR) is 104 cm³/mol. The molecule has 0 bridgehead atoms. The van der Waals surface area contributed by atoms with Crippen molar-refractivity contribution in [3.05, 3.63) is 16.5 Å². The lowest BCUT2D eigenvalue weighted by Gasteiger charge is -2.25. The van der Waals surface area contributed by atoms with Crippen molar-refractivity contribution in [2.75, 3.05) is 39.3 Å². The molecule has 1 aromatic heterocycles. The number of fused-ring (bicyclic) bond motifs is 1. The van der Waals surface area contributed by atoms with Crippen LogP contribution in [-0.4, -0.2) is 55.4 Å². The molecule has 1 aromatic rings. The van der Waals surface area contributed by atoms with E-state index in [0.29, 0.717) is 19.0 Å². The van der Waals surface area contributed by atoms with E-state index in [9.17, 15) is 4.79 Å². The van der Waals surface area contributed by atoms with E-state index in [0.717, 1.165) is 37.6 Å². The monoisotopic (exact) mass is 381 g/mol. The standard InChI is InChI=1S/C19H31N3O3S/c1-15(2)13-20-19(23)25-22-10-6-17-16(14-22)12-18(26-17)24-11-5-9-21-7-3-4-8-21/h12,15H,3-11,13-14H2,1-2H3,(H,20,23). The maximum atomic E-state index is 11.8. The summed E-state index contributed by atoms with van der Waals surface area (Å²) in [5.74, 6) is 0.414. The van der Waals surface area contributed by atoms with Crippen LogP contribution in [0.3, 0.4) is 0 Å². The zero-order chi connectivity index (χ0) is 18.4. The summed E-state index contributed by atoms with van der Waals surface area (Å²) in [5, 5.41) is 5.51. The highest BCUT2D eigenvalue weighted by Gasteiger charge is 2.22. The fourth-order valence-electron chi connectivity index (χ4n) is 3.33. The molecule has 0 spiro atoms. The van der Waals surface area contributed by atoms with Crippen molar-refractivity contribution in [2.45, 2.75) is 46.1 Å². The molecule has 1 saturated heterocycles. The number of nitrogens with zero attached hydrogens (tertiary/aromatic N) is 2. The molecule has 1 amide bonds. The Hall–Kier alpha value is -1.31. The quantitative estimate of drug-likeness (QED) is 0.701. The minimum Gasteiger partial charge on any atom is -0.484 e. The Kier molecular flexibility index (Phi) is 7.16. The Balaban J connectivity index is 1.39. The van der Waals surface area contributed by atoms with Crippen LogP contribution in [0.2, 0.25) is 0 Å². The summed E-state index contributed by atoms with van der Waals surface area (Å²) < 4.78 is 5.95. The van der Waals surface area contributed by atoms with E-state index < -0.39 is 0 Å². The van der Waals surface area contributed by atoms with E-state index in [-0.39, 0.29) is 6.09 Å². The van der Waals surface area contributed by atoms with Crippen molar-refractivity contribution in [3.8, 4) is 5.06 Å². The predicted octanol–water partition coefficient (Wildman–Crippen LogP) is 3.27. The Morgan fingerprint density at radius 2 is 2.12 bits per heavy atom. The lowest BCUT2D eigenvalue weighted by Crippen LogP contribution is -2.37. The van der Waals surface area contributed by atoms with Gasteiger partial charge in [-0.3, -0.25) is 0 Å². The Bertz CT molecular complexity index is 585. The van der Waals surface area contributed by atoms with Gasteiger partial charge in [0.05, 0.1) is 13.2 Å². The van der Waals surface area contributed by atoms with E-state index in [1.165, 1.54) is 36.4 Å². The van der Waals surface area contributed by atoms with Crippen LogP contribution in [0.1, 0.15) is 43.6 Å². The van der Waals surface area contributed by atoms with Gasteiger partial charge in [0.25, 0.3) is 0 Å². The van der Waals surface area contributed by atoms with Gasteiger partial charge < -0.3 is 19.8 Å². The second-order valence-electron chi connectivity index (χ2n) is 7.53. The number of ether oxygens (including phenoxy) is 1. The molecule has 26 heavy (non-hydrogen) atoms. The number of amides is 1. The van der Waals surface area contributed by atoms with Crippen molar-refractivity contribution in [3.63, 3.8) is 0 Å². The largest absolute Gasteiger partial charge is 0.484 e. The Morgan fingerprint density at radius 1 is 1.31 bits per heavy atom. The number of hydrogen-bond donors (Lipinski definition) is 1. The molecule has 3 heterocycles. The average molecular weight is 382 g/mol. The van der Waals surface area contributed by atoms with Crippen molar-refractivity contribution >= 4 is 17.4 Å². The molecular weight excluding hydrogens is 350 g/mol. The first-order chi connectivity index (χ1) is 12.6. The Labute approximate surface area is 160 Å². The number of carbonyl (C=O) groups is 1. The molecular formula is C19H31N3O3S. The number of hydrogen-bond acceptors (Lipinski definition) is 6. The summed E-state index contributed by atoms with van der Waals surface area (Å²) in [6.45, 7) is 10.5. The first-order valence-corrected chi connectivity index (χ1v) is 10.6. The SMILES string of the molecule is CC(C)CNC(=O)ON1CCc2sc(OCCCN3CCCC3)cc2C1. The molecule has 0 radical (unpaired) electrons. The van der Waals surface area contributed by atoms with Crippen molar-refractivity contribution in [1.82, 2.24) is 15.3 Å². The minimum atomic E-state index is -0.365. The van der Waals surface area contributed by atoms with Crippen LogP contribution >= 0.6 is 11.3 Å². The van der Waals surface area contributed by atoms with E-state index >= 15 is 0 Å². The van der Waals surface area contributed by atoms with Gasteiger partial charge in [0, 0.05) is 24.5 Å². The number of likely N-dealkylation sites (tertiary alicyclic amines) is 1. The van der Waals surface area contributed by atoms with E-state index in [4.69, 9.17) is 9.57 Å². The van der Waals surface area contributed by atoms with Gasteiger partial charge >= 0.3 is 6.09 Å².